The van der Waals surface area contributed by atoms with Gasteiger partial charge in [0.1, 0.15) is 11.3 Å². The number of aromatic nitrogens is 2. The number of anilines is 1. The molecule has 0 saturated carbocycles. The van der Waals surface area contributed by atoms with Crippen molar-refractivity contribution in [2.45, 2.75) is 0 Å². The van der Waals surface area contributed by atoms with Crippen molar-refractivity contribution in [1.29, 1.82) is 0 Å². The molecule has 9 heteroatoms. The number of aromatic hydroxyl groups is 1. The Balaban J connectivity index is 0.00000192. The van der Waals surface area contributed by atoms with Crippen molar-refractivity contribution in [2.75, 3.05) is 4.72 Å². The summed E-state index contributed by atoms with van der Waals surface area (Å²) in [5, 5.41) is 10.4. The molecule has 23 heavy (non-hydrogen) atoms. The van der Waals surface area contributed by atoms with Crippen molar-refractivity contribution < 1.29 is 47.0 Å². The summed E-state index contributed by atoms with van der Waals surface area (Å²) in [5.41, 5.74) is 0.347. The third kappa shape index (κ3) is 3.16. The van der Waals surface area contributed by atoms with E-state index in [-0.39, 0.29) is 44.0 Å². The number of phenols is 1. The van der Waals surface area contributed by atoms with E-state index in [0.29, 0.717) is 11.0 Å². The summed E-state index contributed by atoms with van der Waals surface area (Å²) >= 11 is 3.77. The number of pyridine rings is 1. The third-order valence-corrected chi connectivity index (χ3v) is 3.88. The maximum atomic E-state index is 14.3. The Morgan fingerprint density at radius 1 is 1.48 bits per heavy atom. The van der Waals surface area contributed by atoms with Crippen LogP contribution in [0.2, 0.25) is 0 Å². The van der Waals surface area contributed by atoms with E-state index < -0.39 is 22.9 Å². The van der Waals surface area contributed by atoms with Gasteiger partial charge < -0.3 is 14.2 Å². The Bertz CT molecular complexity index is 903. The van der Waals surface area contributed by atoms with Crippen LogP contribution in [0.1, 0.15) is 15.9 Å². The van der Waals surface area contributed by atoms with Gasteiger partial charge in [-0.25, -0.2) is 16.5 Å². The Morgan fingerprint density at radius 2 is 2.22 bits per heavy atom. The molecule has 5 nitrogen and oxygen atoms in total. The molecular weight excluding hydrogens is 413 g/mol. The van der Waals surface area contributed by atoms with Crippen LogP contribution in [0, 0.1) is 11.9 Å². The van der Waals surface area contributed by atoms with E-state index in [1.807, 2.05) is 0 Å². The first-order valence-corrected chi connectivity index (χ1v) is 7.09. The number of fused-ring (bicyclic) bond motifs is 1. The number of nitrogens with zero attached hydrogens (tertiary/aromatic N) is 2. The number of rotatable bonds is 3. The van der Waals surface area contributed by atoms with Crippen LogP contribution in [0.3, 0.4) is 0 Å². The van der Waals surface area contributed by atoms with Crippen molar-refractivity contribution in [2.24, 2.45) is 0 Å². The minimum absolute atomic E-state index is 0. The first-order chi connectivity index (χ1) is 10.5. The maximum Gasteiger partial charge on any atom is 0.184 e. The summed E-state index contributed by atoms with van der Waals surface area (Å²) < 4.78 is 18.3. The van der Waals surface area contributed by atoms with E-state index in [1.165, 1.54) is 24.5 Å². The van der Waals surface area contributed by atoms with Crippen LogP contribution < -0.4 is 4.72 Å². The number of hydrogen-bond donors (Lipinski definition) is 3. The van der Waals surface area contributed by atoms with Crippen LogP contribution in [-0.2, 0) is 32.7 Å². The van der Waals surface area contributed by atoms with Crippen molar-refractivity contribution >= 4 is 44.7 Å². The van der Waals surface area contributed by atoms with Crippen molar-refractivity contribution in [1.82, 2.24) is 9.32 Å². The van der Waals surface area contributed by atoms with Gasteiger partial charge >= 0.3 is 0 Å². The summed E-state index contributed by atoms with van der Waals surface area (Å²) in [6.45, 7) is 0. The zero-order valence-corrected chi connectivity index (χ0v) is 16.5. The molecule has 0 spiro atoms. The molecule has 1 aromatic carbocycles. The molecule has 1 radical (unpaired) electrons. The van der Waals surface area contributed by atoms with E-state index in [0.717, 1.165) is 0 Å². The fourth-order valence-electron chi connectivity index (χ4n) is 2.21. The fourth-order valence-corrected chi connectivity index (χ4v) is 2.74. The predicted molar refractivity (Wildman–Crippen MR) is 87.8 cm³/mol. The van der Waals surface area contributed by atoms with Crippen LogP contribution in [0.5, 0.6) is 5.75 Å². The molecule has 1 unspecified atom stereocenters. The molecule has 0 aliphatic rings. The van der Waals surface area contributed by atoms with Crippen LogP contribution in [0.4, 0.5) is 10.1 Å². The SMILES string of the molecule is O=C(c1c(O)ccc(NS)c1F)c1cn(P)c2nc[c-]cc12.[Y]. The largest absolute Gasteiger partial charge is 0.507 e. The van der Waals surface area contributed by atoms with Gasteiger partial charge in [0.05, 0.1) is 11.3 Å². The second-order valence-corrected chi connectivity index (χ2v) is 5.30. The molecule has 0 aliphatic heterocycles. The number of ketones is 1. The van der Waals surface area contributed by atoms with E-state index in [4.69, 9.17) is 0 Å². The van der Waals surface area contributed by atoms with E-state index in [1.54, 1.807) is 10.4 Å². The zero-order chi connectivity index (χ0) is 15.9. The molecular formula is C14H10FN3O2PSY-. The maximum absolute atomic E-state index is 14.3. The third-order valence-electron chi connectivity index (χ3n) is 3.24. The van der Waals surface area contributed by atoms with Gasteiger partial charge in [0.25, 0.3) is 0 Å². The summed E-state index contributed by atoms with van der Waals surface area (Å²) in [7, 11) is 2.40. The zero-order valence-electron chi connectivity index (χ0n) is 11.6. The molecule has 2 heterocycles. The Labute approximate surface area is 164 Å². The average molecular weight is 423 g/mol. The molecule has 115 valence electrons. The fraction of sp³-hybridized carbons (Fsp3) is 0. The van der Waals surface area contributed by atoms with Crippen LogP contribution in [0.25, 0.3) is 11.0 Å². The van der Waals surface area contributed by atoms with Gasteiger partial charge in [-0.2, -0.15) is 0 Å². The summed E-state index contributed by atoms with van der Waals surface area (Å²) in [5.74, 6) is -1.95. The van der Waals surface area contributed by atoms with Gasteiger partial charge in [-0.3, -0.25) is 9.78 Å². The molecule has 3 aromatic rings. The summed E-state index contributed by atoms with van der Waals surface area (Å²) in [6, 6.07) is 6.90. The number of benzene rings is 1. The molecule has 0 saturated heterocycles. The normalized spacial score (nSPS) is 10.4. The first kappa shape index (κ1) is 18.3. The van der Waals surface area contributed by atoms with Crippen molar-refractivity contribution in [3.8, 4) is 5.75 Å². The monoisotopic (exact) mass is 423 g/mol. The second kappa shape index (κ2) is 7.26. The van der Waals surface area contributed by atoms with Gasteiger partial charge in [-0.15, -0.1) is 5.39 Å². The number of phenolic OH excluding ortho intramolecular Hbond substituents is 1. The number of carbonyl (C=O) groups is 1. The quantitative estimate of drug-likeness (QED) is 0.199. The smallest absolute Gasteiger partial charge is 0.184 e. The van der Waals surface area contributed by atoms with Crippen LogP contribution >= 0.6 is 22.2 Å². The molecule has 2 aromatic heterocycles. The molecule has 0 bridgehead atoms. The average Bonchev–Trinajstić information content (AvgIpc) is 2.85. The van der Waals surface area contributed by atoms with Crippen LogP contribution in [-0.4, -0.2) is 20.2 Å². The topological polar surface area (TPSA) is 67.2 Å². The number of thiol groups is 1. The number of hydrogen-bond acceptors (Lipinski definition) is 5. The molecule has 2 N–H and O–H groups in total. The minimum Gasteiger partial charge on any atom is -0.507 e. The van der Waals surface area contributed by atoms with E-state index in [9.17, 15) is 14.3 Å². The number of halogens is 1. The number of nitrogens with one attached hydrogen (secondary N) is 1. The van der Waals surface area contributed by atoms with E-state index in [2.05, 4.69) is 38.0 Å². The summed E-state index contributed by atoms with van der Waals surface area (Å²) in [4.78, 5) is 16.8. The summed E-state index contributed by atoms with van der Waals surface area (Å²) in [6.07, 6.45) is 2.98. The molecule has 1 atom stereocenters. The Morgan fingerprint density at radius 3 is 2.91 bits per heavy atom. The van der Waals surface area contributed by atoms with Gasteiger partial charge in [0, 0.05) is 38.9 Å². The van der Waals surface area contributed by atoms with Gasteiger partial charge in [0.15, 0.2) is 11.6 Å². The van der Waals surface area contributed by atoms with Gasteiger partial charge in [-0.1, -0.05) is 19.0 Å². The van der Waals surface area contributed by atoms with Crippen molar-refractivity contribution in [3.05, 3.63) is 53.6 Å². The second-order valence-electron chi connectivity index (χ2n) is 4.52. The molecule has 0 aliphatic carbocycles. The molecule has 3 rings (SSSR count). The number of carbonyl (C=O) groups excluding carboxylic acids is 1. The van der Waals surface area contributed by atoms with Crippen LogP contribution in [0.15, 0.2) is 30.6 Å². The van der Waals surface area contributed by atoms with Gasteiger partial charge in [-0.05, 0) is 27.1 Å². The predicted octanol–water partition coefficient (Wildman–Crippen LogP) is 2.80. The molecule has 0 amide bonds. The first-order valence-electron chi connectivity index (χ1n) is 6.13. The van der Waals surface area contributed by atoms with E-state index >= 15 is 0 Å². The Kier molecular flexibility index (Phi) is 5.79. The minimum atomic E-state index is -0.863. The molecule has 0 fully saturated rings. The standard InChI is InChI=1S/C14H10FN3O2PS.Y/c15-12-9(17-22)3-4-10(19)11(12)13(20)8-6-18(21)14-7(8)2-1-5-16-14;/h2-6,17,19,22H,21H2;/q-1;. The Hall–Kier alpha value is -1.01. The van der Waals surface area contributed by atoms with Gasteiger partial charge in [0.2, 0.25) is 0 Å². The van der Waals surface area contributed by atoms with Crippen molar-refractivity contribution in [3.63, 3.8) is 0 Å².